The lowest BCUT2D eigenvalue weighted by molar-refractivity contribution is -0.509. The van der Waals surface area contributed by atoms with Crippen LogP contribution in [0.25, 0.3) is 5.57 Å². The van der Waals surface area contributed by atoms with E-state index >= 15 is 0 Å². The van der Waals surface area contributed by atoms with Crippen LogP contribution in [0.3, 0.4) is 0 Å². The molecular formula is C16H14N2O3. The van der Waals surface area contributed by atoms with Gasteiger partial charge in [-0.1, -0.05) is 55.1 Å². The average Bonchev–Trinajstić information content (AvgIpc) is 2.53. The van der Waals surface area contributed by atoms with Crippen LogP contribution in [0.2, 0.25) is 0 Å². The first-order valence-electron chi connectivity index (χ1n) is 6.33. The number of amides is 1. The Hall–Kier alpha value is -2.95. The Labute approximate surface area is 122 Å². The Morgan fingerprint density at radius 1 is 1.00 bits per heavy atom. The van der Waals surface area contributed by atoms with Gasteiger partial charge in [0, 0.05) is 11.1 Å². The van der Waals surface area contributed by atoms with E-state index in [9.17, 15) is 14.9 Å². The van der Waals surface area contributed by atoms with Gasteiger partial charge in [0.25, 0.3) is 5.91 Å². The van der Waals surface area contributed by atoms with Crippen LogP contribution in [0.5, 0.6) is 0 Å². The highest BCUT2D eigenvalue weighted by Crippen LogP contribution is 2.17. The van der Waals surface area contributed by atoms with E-state index in [0.717, 1.165) is 0 Å². The number of carbonyl (C=O) groups is 1. The maximum Gasteiger partial charge on any atom is 0.313 e. The van der Waals surface area contributed by atoms with Gasteiger partial charge in [-0.3, -0.25) is 20.2 Å². The molecule has 0 aromatic heterocycles. The van der Waals surface area contributed by atoms with Crippen molar-refractivity contribution in [2.24, 2.45) is 0 Å². The van der Waals surface area contributed by atoms with E-state index < -0.39 is 17.0 Å². The zero-order chi connectivity index (χ0) is 15.2. The van der Waals surface area contributed by atoms with Crippen LogP contribution in [0.4, 0.5) is 0 Å². The predicted molar refractivity (Wildman–Crippen MR) is 80.2 cm³/mol. The molecule has 106 valence electrons. The molecule has 0 fully saturated rings. The Morgan fingerprint density at radius 3 is 1.95 bits per heavy atom. The molecule has 0 saturated heterocycles. The Kier molecular flexibility index (Phi) is 4.46. The van der Waals surface area contributed by atoms with E-state index in [1.807, 2.05) is 0 Å². The Bertz CT molecular complexity index is 654. The molecular weight excluding hydrogens is 268 g/mol. The van der Waals surface area contributed by atoms with Gasteiger partial charge in [-0.15, -0.1) is 0 Å². The molecule has 5 nitrogen and oxygen atoms in total. The monoisotopic (exact) mass is 282 g/mol. The Balaban J connectivity index is 2.19. The van der Waals surface area contributed by atoms with E-state index in [1.165, 1.54) is 0 Å². The Morgan fingerprint density at radius 2 is 1.48 bits per heavy atom. The second-order valence-corrected chi connectivity index (χ2v) is 4.42. The number of rotatable bonds is 5. The number of nitro groups is 1. The van der Waals surface area contributed by atoms with Gasteiger partial charge < -0.3 is 0 Å². The summed E-state index contributed by atoms with van der Waals surface area (Å²) in [4.78, 5) is 22.7. The summed E-state index contributed by atoms with van der Waals surface area (Å²) in [5, 5.41) is 13.6. The number of hydrogen-bond acceptors (Lipinski definition) is 3. The third kappa shape index (κ3) is 3.54. The fraction of sp³-hybridized carbons (Fsp3) is 0.0625. The van der Waals surface area contributed by atoms with Crippen LogP contribution in [0, 0.1) is 10.1 Å². The maximum absolute atomic E-state index is 12.0. The van der Waals surface area contributed by atoms with Crippen molar-refractivity contribution in [3.8, 4) is 0 Å². The first-order chi connectivity index (χ1) is 10.1. The lowest BCUT2D eigenvalue weighted by Crippen LogP contribution is -2.41. The fourth-order valence-electron chi connectivity index (χ4n) is 1.87. The van der Waals surface area contributed by atoms with Gasteiger partial charge in [-0.25, -0.2) is 0 Å². The van der Waals surface area contributed by atoms with E-state index in [-0.39, 0.29) is 5.57 Å². The second-order valence-electron chi connectivity index (χ2n) is 4.42. The standard InChI is InChI=1S/C16H14N2O3/c1-12(13-8-4-2-5-9-13)15(18(20)21)17-16(19)14-10-6-3-7-11-14/h2-11,15H,1H2,(H,17,19). The lowest BCUT2D eigenvalue weighted by atomic mass is 10.0. The maximum atomic E-state index is 12.0. The van der Waals surface area contributed by atoms with E-state index in [0.29, 0.717) is 11.1 Å². The van der Waals surface area contributed by atoms with Crippen molar-refractivity contribution >= 4 is 11.5 Å². The zero-order valence-electron chi connectivity index (χ0n) is 11.2. The molecule has 2 aromatic rings. The van der Waals surface area contributed by atoms with Crippen LogP contribution >= 0.6 is 0 Å². The minimum atomic E-state index is -1.36. The number of hydrogen-bond donors (Lipinski definition) is 1. The highest BCUT2D eigenvalue weighted by Gasteiger charge is 2.27. The SMILES string of the molecule is C=C(c1ccccc1)C(NC(=O)c1ccccc1)[N+](=O)[O-]. The quantitative estimate of drug-likeness (QED) is 0.520. The number of nitrogens with zero attached hydrogens (tertiary/aromatic N) is 1. The summed E-state index contributed by atoms with van der Waals surface area (Å²) in [7, 11) is 0. The summed E-state index contributed by atoms with van der Waals surface area (Å²) < 4.78 is 0. The summed E-state index contributed by atoms with van der Waals surface area (Å²) in [5.41, 5.74) is 1.22. The van der Waals surface area contributed by atoms with Gasteiger partial charge in [0.15, 0.2) is 0 Å². The number of benzene rings is 2. The normalized spacial score (nSPS) is 11.4. The number of nitrogens with one attached hydrogen (secondary N) is 1. The smallest absolute Gasteiger partial charge is 0.286 e. The minimum absolute atomic E-state index is 0.241. The average molecular weight is 282 g/mol. The molecule has 21 heavy (non-hydrogen) atoms. The lowest BCUT2D eigenvalue weighted by Gasteiger charge is -2.14. The molecule has 0 radical (unpaired) electrons. The first-order valence-corrected chi connectivity index (χ1v) is 6.33. The van der Waals surface area contributed by atoms with Crippen molar-refractivity contribution in [2.45, 2.75) is 6.17 Å². The summed E-state index contributed by atoms with van der Waals surface area (Å²) in [6, 6.07) is 17.1. The fourth-order valence-corrected chi connectivity index (χ4v) is 1.87. The third-order valence-corrected chi connectivity index (χ3v) is 2.99. The largest absolute Gasteiger partial charge is 0.313 e. The molecule has 0 aliphatic carbocycles. The summed E-state index contributed by atoms with van der Waals surface area (Å²) >= 11 is 0. The molecule has 0 aliphatic rings. The highest BCUT2D eigenvalue weighted by molar-refractivity contribution is 5.95. The van der Waals surface area contributed by atoms with Crippen LogP contribution in [0.1, 0.15) is 15.9 Å². The van der Waals surface area contributed by atoms with Gasteiger partial charge in [0.2, 0.25) is 0 Å². The van der Waals surface area contributed by atoms with E-state index in [2.05, 4.69) is 11.9 Å². The highest BCUT2D eigenvalue weighted by atomic mass is 16.6. The molecule has 1 atom stereocenters. The van der Waals surface area contributed by atoms with Crippen LogP contribution in [-0.2, 0) is 0 Å². The van der Waals surface area contributed by atoms with Crippen LogP contribution < -0.4 is 5.32 Å². The molecule has 2 rings (SSSR count). The van der Waals surface area contributed by atoms with Crippen LogP contribution in [0.15, 0.2) is 67.2 Å². The van der Waals surface area contributed by atoms with Gasteiger partial charge in [-0.05, 0) is 17.7 Å². The van der Waals surface area contributed by atoms with E-state index in [4.69, 9.17) is 0 Å². The molecule has 1 amide bonds. The summed E-state index contributed by atoms with van der Waals surface area (Å²) in [6.07, 6.45) is -1.36. The molecule has 0 spiro atoms. The van der Waals surface area contributed by atoms with Crippen molar-refractivity contribution in [3.63, 3.8) is 0 Å². The second kappa shape index (κ2) is 6.47. The minimum Gasteiger partial charge on any atom is -0.286 e. The summed E-state index contributed by atoms with van der Waals surface area (Å²) in [5.74, 6) is -0.505. The molecule has 1 unspecified atom stereocenters. The van der Waals surface area contributed by atoms with Gasteiger partial charge in [0.05, 0.1) is 4.92 Å². The van der Waals surface area contributed by atoms with E-state index in [1.54, 1.807) is 60.7 Å². The molecule has 0 saturated carbocycles. The molecule has 0 heterocycles. The van der Waals surface area contributed by atoms with Gasteiger partial charge in [-0.2, -0.15) is 0 Å². The van der Waals surface area contributed by atoms with Gasteiger partial charge >= 0.3 is 6.17 Å². The molecule has 0 bridgehead atoms. The van der Waals surface area contributed by atoms with Crippen molar-refractivity contribution in [2.75, 3.05) is 0 Å². The van der Waals surface area contributed by atoms with Crippen molar-refractivity contribution in [3.05, 3.63) is 88.5 Å². The number of carbonyl (C=O) groups excluding carboxylic acids is 1. The molecule has 5 heteroatoms. The predicted octanol–water partition coefficient (Wildman–Crippen LogP) is 2.73. The first kappa shape index (κ1) is 14.5. The topological polar surface area (TPSA) is 72.2 Å². The molecule has 0 aliphatic heterocycles. The van der Waals surface area contributed by atoms with Crippen molar-refractivity contribution < 1.29 is 9.72 Å². The zero-order valence-corrected chi connectivity index (χ0v) is 11.2. The molecule has 2 aromatic carbocycles. The van der Waals surface area contributed by atoms with Crippen LogP contribution in [-0.4, -0.2) is 17.0 Å². The van der Waals surface area contributed by atoms with Gasteiger partial charge in [0.1, 0.15) is 0 Å². The third-order valence-electron chi connectivity index (χ3n) is 2.99. The summed E-state index contributed by atoms with van der Waals surface area (Å²) in [6.45, 7) is 3.74. The molecule has 1 N–H and O–H groups in total. The van der Waals surface area contributed by atoms with Crippen molar-refractivity contribution in [1.29, 1.82) is 0 Å². The van der Waals surface area contributed by atoms with Crippen molar-refractivity contribution in [1.82, 2.24) is 5.32 Å².